The van der Waals surface area contributed by atoms with Crippen LogP contribution in [0.3, 0.4) is 0 Å². The van der Waals surface area contributed by atoms with Crippen LogP contribution in [0.15, 0.2) is 18.2 Å². The molecule has 21 heavy (non-hydrogen) atoms. The van der Waals surface area contributed by atoms with Crippen molar-refractivity contribution in [1.29, 1.82) is 5.26 Å². The number of hydrogen-bond donors (Lipinski definition) is 1. The van der Waals surface area contributed by atoms with Crippen LogP contribution in [-0.2, 0) is 4.79 Å². The van der Waals surface area contributed by atoms with Crippen LogP contribution in [-0.4, -0.2) is 23.2 Å². The molecule has 1 heterocycles. The number of carbonyl (C=O) groups is 1. The molecule has 0 aromatic heterocycles. The van der Waals surface area contributed by atoms with Crippen LogP contribution < -0.4 is 4.90 Å². The van der Waals surface area contributed by atoms with E-state index in [-0.39, 0.29) is 11.6 Å². The molecular formula is C16H17FN2O2. The number of hydrogen-bond acceptors (Lipinski definition) is 3. The maximum Gasteiger partial charge on any atom is 0.326 e. The lowest BCUT2D eigenvalue weighted by Crippen LogP contribution is -2.42. The maximum absolute atomic E-state index is 13.3. The van der Waals surface area contributed by atoms with Crippen LogP contribution >= 0.6 is 0 Å². The van der Waals surface area contributed by atoms with Crippen LogP contribution in [0.2, 0.25) is 0 Å². The fourth-order valence-electron chi connectivity index (χ4n) is 3.85. The van der Waals surface area contributed by atoms with Gasteiger partial charge in [-0.2, -0.15) is 5.26 Å². The standard InChI is InChI=1S/C16H17FN2O2/c17-12-5-6-14(11(7-12)9-18)19-13-4-2-1-3-10(13)8-15(19)16(20)21/h5-7,10,13,15H,1-4,8H2,(H,20,21). The number of carboxylic acids is 1. The molecule has 1 aromatic carbocycles. The Morgan fingerprint density at radius 3 is 2.86 bits per heavy atom. The molecule has 2 aliphatic rings. The van der Waals surface area contributed by atoms with E-state index in [1.165, 1.54) is 12.1 Å². The first-order chi connectivity index (χ1) is 10.1. The van der Waals surface area contributed by atoms with Crippen LogP contribution in [0, 0.1) is 23.1 Å². The third-order valence-electron chi connectivity index (χ3n) is 4.73. The normalized spacial score (nSPS) is 28.0. The zero-order valence-electron chi connectivity index (χ0n) is 11.6. The molecule has 2 fully saturated rings. The molecule has 1 aliphatic heterocycles. The van der Waals surface area contributed by atoms with Crippen molar-refractivity contribution in [1.82, 2.24) is 0 Å². The summed E-state index contributed by atoms with van der Waals surface area (Å²) in [5.41, 5.74) is 0.771. The first-order valence-corrected chi connectivity index (χ1v) is 7.32. The number of rotatable bonds is 2. The largest absolute Gasteiger partial charge is 0.480 e. The molecule has 1 aliphatic carbocycles. The summed E-state index contributed by atoms with van der Waals surface area (Å²) >= 11 is 0. The minimum absolute atomic E-state index is 0.150. The molecule has 5 heteroatoms. The van der Waals surface area contributed by atoms with E-state index in [1.807, 2.05) is 11.0 Å². The molecule has 3 rings (SSSR count). The van der Waals surface area contributed by atoms with Crippen LogP contribution in [0.5, 0.6) is 0 Å². The van der Waals surface area contributed by atoms with Crippen molar-refractivity contribution in [2.24, 2.45) is 5.92 Å². The van der Waals surface area contributed by atoms with Crippen molar-refractivity contribution in [3.8, 4) is 6.07 Å². The average Bonchev–Trinajstić information content (AvgIpc) is 2.86. The first-order valence-electron chi connectivity index (χ1n) is 7.32. The molecule has 3 atom stereocenters. The Balaban J connectivity index is 2.05. The zero-order chi connectivity index (χ0) is 15.0. The molecule has 1 N–H and O–H groups in total. The van der Waals surface area contributed by atoms with Gasteiger partial charge in [0.05, 0.1) is 11.3 Å². The minimum Gasteiger partial charge on any atom is -0.480 e. The van der Waals surface area contributed by atoms with E-state index in [2.05, 4.69) is 0 Å². The lowest BCUT2D eigenvalue weighted by molar-refractivity contribution is -0.138. The smallest absolute Gasteiger partial charge is 0.326 e. The summed E-state index contributed by atoms with van der Waals surface area (Å²) in [5.74, 6) is -0.976. The Kier molecular flexibility index (Phi) is 3.54. The van der Waals surface area contributed by atoms with Gasteiger partial charge in [0.15, 0.2) is 0 Å². The van der Waals surface area contributed by atoms with Crippen molar-refractivity contribution >= 4 is 11.7 Å². The number of halogens is 1. The highest BCUT2D eigenvalue weighted by molar-refractivity contribution is 5.80. The molecule has 0 radical (unpaired) electrons. The van der Waals surface area contributed by atoms with Crippen LogP contribution in [0.4, 0.5) is 10.1 Å². The minimum atomic E-state index is -0.863. The van der Waals surface area contributed by atoms with E-state index in [0.717, 1.165) is 25.7 Å². The summed E-state index contributed by atoms with van der Waals surface area (Å²) < 4.78 is 13.3. The lowest BCUT2D eigenvalue weighted by Gasteiger charge is -2.35. The molecule has 0 spiro atoms. The summed E-state index contributed by atoms with van der Waals surface area (Å²) in [7, 11) is 0. The monoisotopic (exact) mass is 288 g/mol. The number of carboxylic acid groups (broad SMARTS) is 1. The Morgan fingerprint density at radius 1 is 1.38 bits per heavy atom. The molecule has 0 bridgehead atoms. The number of benzene rings is 1. The van der Waals surface area contributed by atoms with E-state index in [9.17, 15) is 19.6 Å². The fourth-order valence-corrected chi connectivity index (χ4v) is 3.85. The topological polar surface area (TPSA) is 64.3 Å². The van der Waals surface area contributed by atoms with Gasteiger partial charge in [-0.1, -0.05) is 12.8 Å². The fraction of sp³-hybridized carbons (Fsp3) is 0.500. The first kappa shape index (κ1) is 13.9. The van der Waals surface area contributed by atoms with Gasteiger partial charge in [0, 0.05) is 6.04 Å². The van der Waals surface area contributed by atoms with Crippen LogP contribution in [0.25, 0.3) is 0 Å². The Hall–Kier alpha value is -2.09. The average molecular weight is 288 g/mol. The highest BCUT2D eigenvalue weighted by atomic mass is 19.1. The molecule has 1 saturated heterocycles. The number of nitriles is 1. The summed E-state index contributed by atoms with van der Waals surface area (Å²) in [6.07, 6.45) is 4.80. The second-order valence-electron chi connectivity index (χ2n) is 5.88. The Bertz CT molecular complexity index is 611. The van der Waals surface area contributed by atoms with Crippen molar-refractivity contribution in [2.75, 3.05) is 4.90 Å². The van der Waals surface area contributed by atoms with E-state index >= 15 is 0 Å². The lowest BCUT2D eigenvalue weighted by atomic mass is 9.84. The Labute approximate surface area is 122 Å². The highest BCUT2D eigenvalue weighted by Crippen LogP contribution is 2.43. The molecule has 3 unspecified atom stereocenters. The molecule has 1 saturated carbocycles. The second kappa shape index (κ2) is 5.36. The predicted octanol–water partition coefficient (Wildman–Crippen LogP) is 2.92. The molecule has 110 valence electrons. The van der Waals surface area contributed by atoms with Crippen LogP contribution in [0.1, 0.15) is 37.7 Å². The third kappa shape index (κ3) is 2.35. The van der Waals surface area contributed by atoms with Gasteiger partial charge >= 0.3 is 5.97 Å². The molecule has 4 nitrogen and oxygen atoms in total. The number of fused-ring (bicyclic) bond motifs is 1. The maximum atomic E-state index is 13.3. The summed E-state index contributed by atoms with van der Waals surface area (Å²) in [6, 6.07) is 5.55. The predicted molar refractivity (Wildman–Crippen MR) is 75.4 cm³/mol. The van der Waals surface area contributed by atoms with Gasteiger partial charge in [-0.25, -0.2) is 9.18 Å². The SMILES string of the molecule is N#Cc1cc(F)ccc1N1C(C(=O)O)CC2CCCCC21. The second-order valence-corrected chi connectivity index (χ2v) is 5.88. The van der Waals surface area contributed by atoms with Gasteiger partial charge in [-0.3, -0.25) is 0 Å². The zero-order valence-corrected chi connectivity index (χ0v) is 11.6. The van der Waals surface area contributed by atoms with Crippen molar-refractivity contribution in [2.45, 2.75) is 44.2 Å². The van der Waals surface area contributed by atoms with Crippen molar-refractivity contribution in [3.05, 3.63) is 29.6 Å². The highest BCUT2D eigenvalue weighted by Gasteiger charge is 2.45. The van der Waals surface area contributed by atoms with Crippen molar-refractivity contribution in [3.63, 3.8) is 0 Å². The van der Waals surface area contributed by atoms with Gasteiger partial charge in [0.25, 0.3) is 0 Å². The number of nitrogens with zero attached hydrogens (tertiary/aromatic N) is 2. The van der Waals surface area contributed by atoms with Gasteiger partial charge in [-0.15, -0.1) is 0 Å². The third-order valence-corrected chi connectivity index (χ3v) is 4.73. The molecular weight excluding hydrogens is 271 g/mol. The van der Waals surface area contributed by atoms with E-state index in [4.69, 9.17) is 0 Å². The van der Waals surface area contributed by atoms with E-state index < -0.39 is 17.8 Å². The van der Waals surface area contributed by atoms with Crippen molar-refractivity contribution < 1.29 is 14.3 Å². The molecule has 1 aromatic rings. The summed E-state index contributed by atoms with van der Waals surface area (Å²) in [6.45, 7) is 0. The summed E-state index contributed by atoms with van der Waals surface area (Å²) in [4.78, 5) is 13.4. The Morgan fingerprint density at radius 2 is 2.14 bits per heavy atom. The number of anilines is 1. The van der Waals surface area contributed by atoms with E-state index in [0.29, 0.717) is 18.0 Å². The van der Waals surface area contributed by atoms with E-state index in [1.54, 1.807) is 6.07 Å². The van der Waals surface area contributed by atoms with Gasteiger partial charge < -0.3 is 10.0 Å². The quantitative estimate of drug-likeness (QED) is 0.908. The number of aliphatic carboxylic acids is 1. The van der Waals surface area contributed by atoms with Gasteiger partial charge in [0.1, 0.15) is 17.9 Å². The van der Waals surface area contributed by atoms with Gasteiger partial charge in [-0.05, 0) is 43.4 Å². The van der Waals surface area contributed by atoms with Gasteiger partial charge in [0.2, 0.25) is 0 Å². The molecule has 0 amide bonds. The summed E-state index contributed by atoms with van der Waals surface area (Å²) in [5, 5.41) is 18.7.